The van der Waals surface area contributed by atoms with Crippen LogP contribution in [0, 0.1) is 0 Å². The Bertz CT molecular complexity index is 1410. The Kier molecular flexibility index (Phi) is 8.49. The zero-order chi connectivity index (χ0) is 29.5. The molecule has 5 N–H and O–H groups in total. The third-order valence-electron chi connectivity index (χ3n) is 6.26. The van der Waals surface area contributed by atoms with E-state index in [0.29, 0.717) is 16.1 Å². The maximum atomic E-state index is 14.0. The number of nitrogens with two attached hydrogens (primary N) is 1. The van der Waals surface area contributed by atoms with Crippen molar-refractivity contribution in [2.45, 2.75) is 70.3 Å². The summed E-state index contributed by atoms with van der Waals surface area (Å²) < 4.78 is 38.2. The van der Waals surface area contributed by atoms with E-state index in [1.807, 2.05) is 0 Å². The smallest absolute Gasteiger partial charge is 0.459 e. The van der Waals surface area contributed by atoms with Crippen LogP contribution in [0.1, 0.15) is 40.8 Å². The van der Waals surface area contributed by atoms with Crippen LogP contribution in [-0.4, -0.2) is 66.8 Å². The number of rotatable bonds is 10. The number of esters is 1. The fourth-order valence-electron chi connectivity index (χ4n) is 4.19. The first kappa shape index (κ1) is 30.2. The average molecular weight is 598 g/mol. The zero-order valence-corrected chi connectivity index (χ0v) is 24.3. The summed E-state index contributed by atoms with van der Waals surface area (Å²) >= 11 is 5.95. The molecule has 3 unspecified atom stereocenters. The van der Waals surface area contributed by atoms with Crippen LogP contribution >= 0.6 is 19.3 Å². The van der Waals surface area contributed by atoms with Crippen molar-refractivity contribution in [3.05, 3.63) is 47.9 Å². The minimum atomic E-state index is -4.33. The van der Waals surface area contributed by atoms with Gasteiger partial charge in [-0.05, 0) is 65.0 Å². The largest absolute Gasteiger partial charge is 0.462 e. The van der Waals surface area contributed by atoms with Gasteiger partial charge in [0.2, 0.25) is 0 Å². The Morgan fingerprint density at radius 3 is 2.62 bits per heavy atom. The zero-order valence-electron chi connectivity index (χ0n) is 22.6. The van der Waals surface area contributed by atoms with Crippen molar-refractivity contribution in [1.29, 1.82) is 0 Å². The number of nitrogens with zero attached hydrogens (tertiary/aromatic N) is 3. The summed E-state index contributed by atoms with van der Waals surface area (Å²) in [6.45, 7) is 7.20. The molecule has 0 radical (unpaired) electrons. The van der Waals surface area contributed by atoms with E-state index >= 15 is 0 Å². The van der Waals surface area contributed by atoms with Crippen LogP contribution < -0.4 is 15.3 Å². The van der Waals surface area contributed by atoms with Crippen LogP contribution in [0.15, 0.2) is 42.9 Å². The summed E-state index contributed by atoms with van der Waals surface area (Å²) in [6.07, 6.45) is -1.29. The molecule has 218 valence electrons. The number of ether oxygens (including phenoxy) is 2. The summed E-state index contributed by atoms with van der Waals surface area (Å²) in [7, 11) is -4.33. The van der Waals surface area contributed by atoms with Crippen LogP contribution in [-0.2, 0) is 23.4 Å². The van der Waals surface area contributed by atoms with E-state index in [9.17, 15) is 19.6 Å². The van der Waals surface area contributed by atoms with E-state index in [4.69, 9.17) is 35.9 Å². The maximum Gasteiger partial charge on any atom is 0.459 e. The Hall–Kier alpha value is -2.77. The van der Waals surface area contributed by atoms with Gasteiger partial charge in [-0.15, -0.1) is 0 Å². The molecule has 3 heterocycles. The Morgan fingerprint density at radius 2 is 1.98 bits per heavy atom. The third kappa shape index (κ3) is 6.26. The molecule has 40 heavy (non-hydrogen) atoms. The van der Waals surface area contributed by atoms with Gasteiger partial charge in [-0.3, -0.25) is 9.32 Å². The molecule has 0 amide bonds. The van der Waals surface area contributed by atoms with E-state index < -0.39 is 56.0 Å². The van der Waals surface area contributed by atoms with Crippen molar-refractivity contribution in [3.63, 3.8) is 0 Å². The van der Waals surface area contributed by atoms with Crippen molar-refractivity contribution >= 4 is 42.2 Å². The molecule has 5 atom stereocenters. The molecule has 0 saturated carbocycles. The topological polar surface area (TPSA) is 180 Å². The lowest BCUT2D eigenvalue weighted by Crippen LogP contribution is -2.48. The van der Waals surface area contributed by atoms with Gasteiger partial charge in [0.25, 0.3) is 0 Å². The molecular formula is C25H33ClN5O8P. The van der Waals surface area contributed by atoms with Gasteiger partial charge in [-0.1, -0.05) is 11.6 Å². The molecule has 1 saturated heterocycles. The van der Waals surface area contributed by atoms with Gasteiger partial charge in [0, 0.05) is 11.2 Å². The van der Waals surface area contributed by atoms with Crippen molar-refractivity contribution in [1.82, 2.24) is 19.6 Å². The number of hydrogen-bond acceptors (Lipinski definition) is 11. The fourth-order valence-corrected chi connectivity index (χ4v) is 6.00. The number of aromatic nitrogens is 3. The number of fused-ring (bicyclic) bond motifs is 1. The number of aliphatic hydroxyl groups is 2. The predicted octanol–water partition coefficient (Wildman–Crippen LogP) is 3.20. The summed E-state index contributed by atoms with van der Waals surface area (Å²) in [5.74, 6) is -0.305. The molecule has 1 aliphatic rings. The minimum Gasteiger partial charge on any atom is -0.462 e. The summed E-state index contributed by atoms with van der Waals surface area (Å²) in [5, 5.41) is 25.8. The lowest BCUT2D eigenvalue weighted by atomic mass is 9.96. The highest BCUT2D eigenvalue weighted by Crippen LogP contribution is 2.48. The molecule has 0 bridgehead atoms. The molecule has 0 spiro atoms. The van der Waals surface area contributed by atoms with Crippen LogP contribution in [0.25, 0.3) is 11.0 Å². The van der Waals surface area contributed by atoms with Gasteiger partial charge in [0.15, 0.2) is 6.23 Å². The monoisotopic (exact) mass is 597 g/mol. The first-order valence-corrected chi connectivity index (χ1v) is 14.4. The van der Waals surface area contributed by atoms with Crippen LogP contribution in [0.4, 0.5) is 5.82 Å². The quantitative estimate of drug-likeness (QED) is 0.198. The molecule has 13 nitrogen and oxygen atoms in total. The number of carbonyl (C=O) groups is 1. The van der Waals surface area contributed by atoms with E-state index in [-0.39, 0.29) is 11.6 Å². The van der Waals surface area contributed by atoms with Gasteiger partial charge in [-0.2, -0.15) is 5.09 Å². The van der Waals surface area contributed by atoms with Gasteiger partial charge < -0.3 is 34.5 Å². The number of aliphatic hydroxyl groups excluding tert-OH is 1. The number of anilines is 1. The Balaban J connectivity index is 1.57. The molecular weight excluding hydrogens is 565 g/mol. The Morgan fingerprint density at radius 1 is 1.30 bits per heavy atom. The second kappa shape index (κ2) is 11.2. The summed E-state index contributed by atoms with van der Waals surface area (Å²) in [5.41, 5.74) is 3.00. The number of carbonyl (C=O) groups excluding carboxylic acids is 1. The Labute approximate surface area is 236 Å². The number of benzene rings is 1. The van der Waals surface area contributed by atoms with Crippen molar-refractivity contribution < 1.29 is 38.1 Å². The second-order valence-electron chi connectivity index (χ2n) is 10.4. The van der Waals surface area contributed by atoms with Crippen molar-refractivity contribution in [2.24, 2.45) is 0 Å². The lowest BCUT2D eigenvalue weighted by Gasteiger charge is -2.30. The number of nitrogen functional groups attached to an aromatic ring is 1. The van der Waals surface area contributed by atoms with E-state index in [1.54, 1.807) is 26.1 Å². The molecule has 3 aromatic rings. The van der Waals surface area contributed by atoms with Gasteiger partial charge in [-0.25, -0.2) is 14.5 Å². The third-order valence-corrected chi connectivity index (χ3v) is 8.29. The summed E-state index contributed by atoms with van der Waals surface area (Å²) in [6, 6.07) is 7.68. The molecule has 15 heteroatoms. The molecule has 1 aliphatic heterocycles. The lowest BCUT2D eigenvalue weighted by molar-refractivity contribution is -0.153. The normalized spacial score (nSPS) is 24.8. The number of nitrogens with one attached hydrogen (secondary N) is 1. The van der Waals surface area contributed by atoms with E-state index in [0.717, 1.165) is 0 Å². The van der Waals surface area contributed by atoms with Crippen LogP contribution in [0.3, 0.4) is 0 Å². The molecule has 0 aliphatic carbocycles. The molecule has 2 aromatic heterocycles. The van der Waals surface area contributed by atoms with Gasteiger partial charge >= 0.3 is 13.7 Å². The second-order valence-corrected chi connectivity index (χ2v) is 12.5. The predicted molar refractivity (Wildman–Crippen MR) is 147 cm³/mol. The number of halogens is 1. The average Bonchev–Trinajstić information content (AvgIpc) is 3.38. The SMILES string of the molecule is CC(C)OC(=O)C(C)(C)NP(=O)(OCC1OC(n2ccc3c(N)ncnc32)[C@](C)(O)[C@@H]1O)Oc1ccc(Cl)cc1. The first-order valence-electron chi connectivity index (χ1n) is 12.5. The molecule has 1 fully saturated rings. The van der Waals surface area contributed by atoms with E-state index in [1.165, 1.54) is 55.9 Å². The molecule has 4 rings (SSSR count). The minimum absolute atomic E-state index is 0.141. The number of hydrogen-bond donors (Lipinski definition) is 4. The fraction of sp³-hybridized carbons (Fsp3) is 0.480. The van der Waals surface area contributed by atoms with Crippen molar-refractivity contribution in [2.75, 3.05) is 12.3 Å². The van der Waals surface area contributed by atoms with E-state index in [2.05, 4.69) is 15.1 Å². The van der Waals surface area contributed by atoms with Crippen molar-refractivity contribution in [3.8, 4) is 5.75 Å². The highest BCUT2D eigenvalue weighted by Gasteiger charge is 2.54. The van der Waals surface area contributed by atoms with Gasteiger partial charge in [0.05, 0.1) is 18.1 Å². The summed E-state index contributed by atoms with van der Waals surface area (Å²) in [4.78, 5) is 20.9. The van der Waals surface area contributed by atoms with Crippen LogP contribution in [0.5, 0.6) is 5.75 Å². The highest BCUT2D eigenvalue weighted by molar-refractivity contribution is 7.52. The highest BCUT2D eigenvalue weighted by atomic mass is 35.5. The molecule has 1 aromatic carbocycles. The van der Waals surface area contributed by atoms with Gasteiger partial charge in [0.1, 0.15) is 46.9 Å². The standard InChI is InChI=1S/C25H33ClN5O8P/c1-14(2)37-23(33)24(3,4)30-40(35,39-16-8-6-15(26)7-9-16)36-12-18-19(32)25(5,34)22(38-18)31-11-10-17-20(27)28-13-29-21(17)31/h6-11,13-14,18-19,22,32,34H,12H2,1-5H3,(H,30,35)(H2,27,28,29)/t18?,19-,22?,25-,40?/m1/s1. The van der Waals surface area contributed by atoms with Crippen LogP contribution in [0.2, 0.25) is 5.02 Å². The first-order chi connectivity index (χ1) is 18.6. The maximum absolute atomic E-state index is 14.0.